The molecule has 0 aliphatic rings. The molecule has 8 heteroatoms. The smallest absolute Gasteiger partial charge is 0.264 e. The highest BCUT2D eigenvalue weighted by Crippen LogP contribution is 2.32. The van der Waals surface area contributed by atoms with E-state index in [-0.39, 0.29) is 21.6 Å². The molecule has 33 heavy (non-hydrogen) atoms. The number of nitrogens with zero attached hydrogens (tertiary/aromatic N) is 1. The van der Waals surface area contributed by atoms with Crippen molar-refractivity contribution in [3.8, 4) is 5.75 Å². The van der Waals surface area contributed by atoms with Gasteiger partial charge in [-0.25, -0.2) is 8.42 Å². The van der Waals surface area contributed by atoms with Gasteiger partial charge in [0.1, 0.15) is 12.3 Å². The molecule has 1 atom stereocenters. The molecule has 0 spiro atoms. The third kappa shape index (κ3) is 5.86. The van der Waals surface area contributed by atoms with Gasteiger partial charge in [-0.2, -0.15) is 0 Å². The van der Waals surface area contributed by atoms with Gasteiger partial charge in [0.15, 0.2) is 0 Å². The van der Waals surface area contributed by atoms with E-state index in [1.165, 1.54) is 30.9 Å². The Morgan fingerprint density at radius 2 is 1.73 bits per heavy atom. The number of carbonyl (C=O) groups is 1. The number of benzene rings is 3. The number of carbonyl (C=O) groups excluding carboxylic acids is 1. The van der Waals surface area contributed by atoms with E-state index in [1.54, 1.807) is 30.3 Å². The van der Waals surface area contributed by atoms with E-state index in [9.17, 15) is 13.2 Å². The second-order valence-electron chi connectivity index (χ2n) is 7.53. The topological polar surface area (TPSA) is 75.7 Å². The number of hydrogen-bond donors (Lipinski definition) is 1. The number of sulfonamides is 1. The van der Waals surface area contributed by atoms with Crippen LogP contribution in [0.2, 0.25) is 5.02 Å². The van der Waals surface area contributed by atoms with Crippen LogP contribution in [0.5, 0.6) is 5.75 Å². The maximum absolute atomic E-state index is 13.4. The van der Waals surface area contributed by atoms with Crippen LogP contribution in [0.4, 0.5) is 5.69 Å². The third-order valence-corrected chi connectivity index (χ3v) is 7.39. The quantitative estimate of drug-likeness (QED) is 0.462. The summed E-state index contributed by atoms with van der Waals surface area (Å²) < 4.78 is 33.1. The number of halogens is 1. The molecule has 3 aromatic rings. The molecule has 3 rings (SSSR count). The monoisotopic (exact) mass is 486 g/mol. The zero-order valence-corrected chi connectivity index (χ0v) is 20.4. The first-order valence-electron chi connectivity index (χ1n) is 10.6. The second kappa shape index (κ2) is 10.7. The molecule has 0 radical (unpaired) electrons. The summed E-state index contributed by atoms with van der Waals surface area (Å²) in [4.78, 5) is 13.0. The zero-order valence-electron chi connectivity index (χ0n) is 18.8. The van der Waals surface area contributed by atoms with Crippen LogP contribution in [-0.2, 0) is 21.2 Å². The number of anilines is 1. The highest BCUT2D eigenvalue weighted by molar-refractivity contribution is 7.92. The summed E-state index contributed by atoms with van der Waals surface area (Å²) in [6, 6.07) is 20.3. The van der Waals surface area contributed by atoms with Gasteiger partial charge in [0.2, 0.25) is 5.91 Å². The van der Waals surface area contributed by atoms with Crippen molar-refractivity contribution in [3.63, 3.8) is 0 Å². The Labute approximate surface area is 200 Å². The first-order valence-corrected chi connectivity index (χ1v) is 12.4. The number of ether oxygens (including phenoxy) is 1. The van der Waals surface area contributed by atoms with Gasteiger partial charge in [0.25, 0.3) is 10.0 Å². The Hall–Kier alpha value is -3.03. The predicted octanol–water partition coefficient (Wildman–Crippen LogP) is 4.98. The minimum atomic E-state index is -4.02. The summed E-state index contributed by atoms with van der Waals surface area (Å²) in [5, 5.41) is 3.14. The fraction of sp³-hybridized carbons (Fsp3) is 0.240. The van der Waals surface area contributed by atoms with Crippen LogP contribution in [-0.4, -0.2) is 28.0 Å². The van der Waals surface area contributed by atoms with Gasteiger partial charge in [0, 0.05) is 0 Å². The fourth-order valence-electron chi connectivity index (χ4n) is 3.39. The summed E-state index contributed by atoms with van der Waals surface area (Å²) in [6.45, 7) is 3.53. The van der Waals surface area contributed by atoms with Gasteiger partial charge in [-0.05, 0) is 54.8 Å². The van der Waals surface area contributed by atoms with Crippen molar-refractivity contribution in [1.29, 1.82) is 0 Å². The number of aryl methyl sites for hydroxylation is 1. The van der Waals surface area contributed by atoms with E-state index in [0.29, 0.717) is 5.75 Å². The van der Waals surface area contributed by atoms with Crippen molar-refractivity contribution in [1.82, 2.24) is 5.32 Å². The van der Waals surface area contributed by atoms with Crippen molar-refractivity contribution in [3.05, 3.63) is 88.9 Å². The molecule has 1 unspecified atom stereocenters. The summed E-state index contributed by atoms with van der Waals surface area (Å²) in [7, 11) is -2.55. The number of amides is 1. The van der Waals surface area contributed by atoms with Gasteiger partial charge in [0.05, 0.1) is 28.8 Å². The Bertz CT molecular complexity index is 1200. The molecule has 1 amide bonds. The molecule has 0 aliphatic carbocycles. The lowest BCUT2D eigenvalue weighted by molar-refractivity contribution is -0.120. The zero-order chi connectivity index (χ0) is 24.0. The Morgan fingerprint density at radius 3 is 2.30 bits per heavy atom. The first-order chi connectivity index (χ1) is 15.8. The average Bonchev–Trinajstić information content (AvgIpc) is 2.83. The van der Waals surface area contributed by atoms with Gasteiger partial charge in [-0.15, -0.1) is 0 Å². The minimum Gasteiger partial charge on any atom is -0.495 e. The van der Waals surface area contributed by atoms with Gasteiger partial charge in [-0.3, -0.25) is 9.10 Å². The molecular weight excluding hydrogens is 460 g/mol. The fourth-order valence-corrected chi connectivity index (χ4v) is 5.07. The molecule has 0 saturated heterocycles. The molecule has 0 fully saturated rings. The van der Waals surface area contributed by atoms with Crippen LogP contribution >= 0.6 is 11.6 Å². The van der Waals surface area contributed by atoms with Crippen molar-refractivity contribution < 1.29 is 17.9 Å². The molecule has 0 aromatic heterocycles. The number of rotatable bonds is 9. The molecule has 174 valence electrons. The Morgan fingerprint density at radius 1 is 1.06 bits per heavy atom. The van der Waals surface area contributed by atoms with E-state index < -0.39 is 22.5 Å². The number of hydrogen-bond acceptors (Lipinski definition) is 4. The van der Waals surface area contributed by atoms with Gasteiger partial charge < -0.3 is 10.1 Å². The molecule has 6 nitrogen and oxygen atoms in total. The second-order valence-corrected chi connectivity index (χ2v) is 9.80. The van der Waals surface area contributed by atoms with Crippen LogP contribution in [0.25, 0.3) is 0 Å². The Kier molecular flexibility index (Phi) is 8.00. The van der Waals surface area contributed by atoms with Crippen LogP contribution in [0.15, 0.2) is 77.7 Å². The average molecular weight is 487 g/mol. The molecule has 3 aromatic carbocycles. The van der Waals surface area contributed by atoms with Crippen LogP contribution in [0.3, 0.4) is 0 Å². The van der Waals surface area contributed by atoms with E-state index >= 15 is 0 Å². The van der Waals surface area contributed by atoms with Crippen LogP contribution in [0.1, 0.15) is 31.0 Å². The highest BCUT2D eigenvalue weighted by atomic mass is 35.5. The standard InChI is InChI=1S/C25H27ClN2O4S/c1-4-19-10-12-20(13-11-19)18(2)27-25(29)17-28(21-14-15-24(32-3)23(26)16-21)33(30,31)22-8-6-5-7-9-22/h5-16,18H,4,17H2,1-3H3,(H,27,29). The summed E-state index contributed by atoms with van der Waals surface area (Å²) in [5.41, 5.74) is 2.40. The van der Waals surface area contributed by atoms with E-state index in [2.05, 4.69) is 12.2 Å². The normalized spacial score (nSPS) is 12.1. The summed E-state index contributed by atoms with van der Waals surface area (Å²) in [5.74, 6) is -0.0282. The van der Waals surface area contributed by atoms with Gasteiger partial charge >= 0.3 is 0 Å². The number of nitrogens with one attached hydrogen (secondary N) is 1. The molecule has 1 N–H and O–H groups in total. The molecule has 0 aliphatic heterocycles. The van der Waals surface area contributed by atoms with Crippen molar-refractivity contribution in [2.45, 2.75) is 31.2 Å². The summed E-state index contributed by atoms with van der Waals surface area (Å²) in [6.07, 6.45) is 0.928. The van der Waals surface area contributed by atoms with E-state index in [1.807, 2.05) is 31.2 Å². The molecule has 0 heterocycles. The van der Waals surface area contributed by atoms with Crippen molar-refractivity contribution in [2.24, 2.45) is 0 Å². The lowest BCUT2D eigenvalue weighted by Gasteiger charge is -2.25. The van der Waals surface area contributed by atoms with E-state index in [4.69, 9.17) is 16.3 Å². The third-order valence-electron chi connectivity index (χ3n) is 5.31. The van der Waals surface area contributed by atoms with Crippen LogP contribution < -0.4 is 14.4 Å². The first kappa shape index (κ1) is 24.6. The lowest BCUT2D eigenvalue weighted by Crippen LogP contribution is -2.41. The SMILES string of the molecule is CCc1ccc(C(C)NC(=O)CN(c2ccc(OC)c(Cl)c2)S(=O)(=O)c2ccccc2)cc1. The Balaban J connectivity index is 1.89. The number of methoxy groups -OCH3 is 1. The minimum absolute atomic E-state index is 0.0768. The summed E-state index contributed by atoms with van der Waals surface area (Å²) >= 11 is 6.25. The maximum atomic E-state index is 13.4. The van der Waals surface area contributed by atoms with Crippen LogP contribution in [0, 0.1) is 0 Å². The molecule has 0 bridgehead atoms. The van der Waals surface area contributed by atoms with Crippen molar-refractivity contribution in [2.75, 3.05) is 18.0 Å². The largest absolute Gasteiger partial charge is 0.495 e. The maximum Gasteiger partial charge on any atom is 0.264 e. The molecule has 0 saturated carbocycles. The lowest BCUT2D eigenvalue weighted by atomic mass is 10.1. The van der Waals surface area contributed by atoms with Gasteiger partial charge in [-0.1, -0.05) is 61.0 Å². The predicted molar refractivity (Wildman–Crippen MR) is 131 cm³/mol. The highest BCUT2D eigenvalue weighted by Gasteiger charge is 2.28. The van der Waals surface area contributed by atoms with Crippen molar-refractivity contribution >= 4 is 33.2 Å². The molecular formula is C25H27ClN2O4S. The van der Waals surface area contributed by atoms with E-state index in [0.717, 1.165) is 16.3 Å².